The molecule has 2 aromatic heterocycles. The van der Waals surface area contributed by atoms with Crippen LogP contribution in [0, 0.1) is 22.7 Å². The molecule has 0 aromatic carbocycles. The number of nitrogens with zero attached hydrogens (tertiary/aromatic N) is 5. The maximum absolute atomic E-state index is 9.03. The van der Waals surface area contributed by atoms with Crippen molar-refractivity contribution in [1.82, 2.24) is 14.5 Å². The molecule has 0 radical (unpaired) electrons. The number of nitrogens with one attached hydrogen (secondary N) is 1. The fourth-order valence-electron chi connectivity index (χ4n) is 1.56. The first-order valence-electron chi connectivity index (χ1n) is 5.82. The molecular formula is C12H12N6S. The minimum Gasteiger partial charge on any atom is -0.362 e. The van der Waals surface area contributed by atoms with E-state index in [0.717, 1.165) is 23.0 Å². The predicted octanol–water partition coefficient (Wildman–Crippen LogP) is 1.95. The second-order valence-corrected chi connectivity index (χ2v) is 4.97. The normalized spacial score (nSPS) is 9.84. The first kappa shape index (κ1) is 13.1. The Bertz CT molecular complexity index is 642. The van der Waals surface area contributed by atoms with Crippen LogP contribution >= 0.6 is 11.3 Å². The Labute approximate surface area is 115 Å². The van der Waals surface area contributed by atoms with E-state index in [9.17, 15) is 0 Å². The van der Waals surface area contributed by atoms with E-state index in [1.807, 2.05) is 12.1 Å². The van der Waals surface area contributed by atoms with E-state index in [-0.39, 0.29) is 5.69 Å². The van der Waals surface area contributed by atoms with E-state index in [4.69, 9.17) is 10.5 Å². The summed E-state index contributed by atoms with van der Waals surface area (Å²) >= 11 is 1.54. The Balaban J connectivity index is 2.14. The van der Waals surface area contributed by atoms with Crippen molar-refractivity contribution in [2.45, 2.75) is 19.9 Å². The van der Waals surface area contributed by atoms with E-state index in [2.05, 4.69) is 22.2 Å². The summed E-state index contributed by atoms with van der Waals surface area (Å²) in [7, 11) is 0. The van der Waals surface area contributed by atoms with Gasteiger partial charge in [-0.15, -0.1) is 11.3 Å². The Hall–Kier alpha value is -2.38. The number of hydrogen-bond donors (Lipinski definition) is 1. The van der Waals surface area contributed by atoms with Crippen LogP contribution in [0.25, 0.3) is 0 Å². The summed E-state index contributed by atoms with van der Waals surface area (Å²) in [6, 6.07) is 3.91. The van der Waals surface area contributed by atoms with Crippen LogP contribution < -0.4 is 5.32 Å². The van der Waals surface area contributed by atoms with Gasteiger partial charge in [-0.25, -0.2) is 9.97 Å². The third-order valence-electron chi connectivity index (χ3n) is 2.46. The molecule has 2 aromatic rings. The minimum atomic E-state index is 0.163. The van der Waals surface area contributed by atoms with Gasteiger partial charge in [-0.3, -0.25) is 0 Å². The zero-order chi connectivity index (χ0) is 13.7. The van der Waals surface area contributed by atoms with Gasteiger partial charge in [-0.1, -0.05) is 6.92 Å². The Morgan fingerprint density at radius 2 is 2.21 bits per heavy atom. The van der Waals surface area contributed by atoms with Crippen molar-refractivity contribution < 1.29 is 0 Å². The summed E-state index contributed by atoms with van der Waals surface area (Å²) in [5.74, 6) is 0. The lowest BCUT2D eigenvalue weighted by Gasteiger charge is -2.00. The van der Waals surface area contributed by atoms with Crippen LogP contribution in [0.4, 0.5) is 5.13 Å². The molecule has 7 heteroatoms. The number of thiazole rings is 1. The largest absolute Gasteiger partial charge is 0.362 e. The summed E-state index contributed by atoms with van der Waals surface area (Å²) < 4.78 is 1.66. The third-order valence-corrected chi connectivity index (χ3v) is 3.40. The molecule has 0 amide bonds. The maximum Gasteiger partial charge on any atom is 0.182 e. The van der Waals surface area contributed by atoms with Crippen molar-refractivity contribution in [3.8, 4) is 12.1 Å². The smallest absolute Gasteiger partial charge is 0.182 e. The van der Waals surface area contributed by atoms with Crippen LogP contribution in [0.5, 0.6) is 0 Å². The summed E-state index contributed by atoms with van der Waals surface area (Å²) in [5.41, 5.74) is 0.454. The van der Waals surface area contributed by atoms with Crippen molar-refractivity contribution in [2.24, 2.45) is 0 Å². The van der Waals surface area contributed by atoms with Gasteiger partial charge < -0.3 is 9.88 Å². The average molecular weight is 272 g/mol. The highest BCUT2D eigenvalue weighted by Gasteiger charge is 2.11. The van der Waals surface area contributed by atoms with Gasteiger partial charge in [-0.2, -0.15) is 10.5 Å². The van der Waals surface area contributed by atoms with Crippen LogP contribution in [0.15, 0.2) is 12.5 Å². The van der Waals surface area contributed by atoms with Gasteiger partial charge in [0, 0.05) is 17.6 Å². The molecule has 2 rings (SSSR count). The number of anilines is 1. The Morgan fingerprint density at radius 3 is 2.89 bits per heavy atom. The van der Waals surface area contributed by atoms with Crippen LogP contribution in [0.2, 0.25) is 0 Å². The minimum absolute atomic E-state index is 0.163. The van der Waals surface area contributed by atoms with E-state index < -0.39 is 0 Å². The number of rotatable bonds is 5. The molecule has 0 spiro atoms. The lowest BCUT2D eigenvalue weighted by atomic mass is 10.3. The second kappa shape index (κ2) is 5.98. The molecule has 6 nitrogen and oxygen atoms in total. The summed E-state index contributed by atoms with van der Waals surface area (Å²) in [6.45, 7) is 3.48. The average Bonchev–Trinajstić information content (AvgIpc) is 3.03. The van der Waals surface area contributed by atoms with Gasteiger partial charge in [0.15, 0.2) is 16.5 Å². The molecule has 0 unspecified atom stereocenters. The predicted molar refractivity (Wildman–Crippen MR) is 71.7 cm³/mol. The molecule has 0 bridgehead atoms. The van der Waals surface area contributed by atoms with Gasteiger partial charge in [-0.05, 0) is 6.42 Å². The number of aromatic nitrogens is 3. The van der Waals surface area contributed by atoms with Crippen molar-refractivity contribution in [3.63, 3.8) is 0 Å². The topological polar surface area (TPSA) is 90.3 Å². The van der Waals surface area contributed by atoms with E-state index in [1.165, 1.54) is 6.33 Å². The molecule has 0 aliphatic heterocycles. The van der Waals surface area contributed by atoms with Crippen molar-refractivity contribution >= 4 is 16.5 Å². The third kappa shape index (κ3) is 2.90. The fraction of sp³-hybridized carbons (Fsp3) is 0.333. The first-order valence-corrected chi connectivity index (χ1v) is 6.64. The van der Waals surface area contributed by atoms with Gasteiger partial charge in [0.2, 0.25) is 0 Å². The molecule has 0 atom stereocenters. The van der Waals surface area contributed by atoms with Crippen molar-refractivity contribution in [3.05, 3.63) is 28.8 Å². The SMILES string of the molecule is CCCNc1ncc(Cn2cnc(C#N)c2C#N)s1. The molecule has 19 heavy (non-hydrogen) atoms. The van der Waals surface area contributed by atoms with Crippen LogP contribution in [-0.2, 0) is 6.54 Å². The zero-order valence-corrected chi connectivity index (χ0v) is 11.2. The quantitative estimate of drug-likeness (QED) is 0.898. The number of nitriles is 2. The van der Waals surface area contributed by atoms with E-state index >= 15 is 0 Å². The molecule has 0 fully saturated rings. The molecule has 0 aliphatic carbocycles. The molecule has 2 heterocycles. The summed E-state index contributed by atoms with van der Waals surface area (Å²) in [5, 5.41) is 21.9. The number of hydrogen-bond acceptors (Lipinski definition) is 6. The van der Waals surface area contributed by atoms with Crippen LogP contribution in [0.1, 0.15) is 29.6 Å². The molecule has 0 saturated heterocycles. The highest BCUT2D eigenvalue weighted by atomic mass is 32.1. The highest BCUT2D eigenvalue weighted by molar-refractivity contribution is 7.15. The highest BCUT2D eigenvalue weighted by Crippen LogP contribution is 2.20. The number of imidazole rings is 1. The molecular weight excluding hydrogens is 260 g/mol. The zero-order valence-electron chi connectivity index (χ0n) is 10.4. The van der Waals surface area contributed by atoms with Crippen LogP contribution in [-0.4, -0.2) is 21.1 Å². The standard InChI is InChI=1S/C12H12N6S/c1-2-3-15-12-16-6-9(19-12)7-18-8-17-10(4-13)11(18)5-14/h6,8H,2-3,7H2,1H3,(H,15,16). The lowest BCUT2D eigenvalue weighted by Crippen LogP contribution is -2.00. The molecule has 1 N–H and O–H groups in total. The Kier molecular flexibility index (Phi) is 4.11. The first-order chi connectivity index (χ1) is 9.28. The Morgan fingerprint density at radius 1 is 1.37 bits per heavy atom. The van der Waals surface area contributed by atoms with Gasteiger partial charge >= 0.3 is 0 Å². The molecule has 0 aliphatic rings. The summed E-state index contributed by atoms with van der Waals surface area (Å²) in [6.07, 6.45) is 4.33. The van der Waals surface area contributed by atoms with Gasteiger partial charge in [0.25, 0.3) is 0 Å². The van der Waals surface area contributed by atoms with E-state index in [0.29, 0.717) is 12.2 Å². The van der Waals surface area contributed by atoms with Crippen molar-refractivity contribution in [1.29, 1.82) is 10.5 Å². The van der Waals surface area contributed by atoms with E-state index in [1.54, 1.807) is 22.1 Å². The van der Waals surface area contributed by atoms with Gasteiger partial charge in [0.1, 0.15) is 12.1 Å². The summed E-state index contributed by atoms with van der Waals surface area (Å²) in [4.78, 5) is 9.18. The second-order valence-electron chi connectivity index (χ2n) is 3.85. The van der Waals surface area contributed by atoms with Crippen LogP contribution in [0.3, 0.4) is 0 Å². The lowest BCUT2D eigenvalue weighted by molar-refractivity contribution is 0.795. The molecule has 96 valence electrons. The maximum atomic E-state index is 9.03. The van der Waals surface area contributed by atoms with Gasteiger partial charge in [0.05, 0.1) is 12.9 Å². The fourth-order valence-corrected chi connectivity index (χ4v) is 2.40. The monoisotopic (exact) mass is 272 g/mol. The molecule has 0 saturated carbocycles. The van der Waals surface area contributed by atoms with Crippen molar-refractivity contribution in [2.75, 3.05) is 11.9 Å².